The van der Waals surface area contributed by atoms with Crippen LogP contribution in [0.25, 0.3) is 10.9 Å². The molecule has 1 aromatic carbocycles. The molecule has 0 amide bonds. The van der Waals surface area contributed by atoms with Gasteiger partial charge in [0, 0.05) is 23.3 Å². The normalized spacial score (nSPS) is 25.2. The van der Waals surface area contributed by atoms with E-state index in [1.807, 2.05) is 12.1 Å². The van der Waals surface area contributed by atoms with E-state index in [0.29, 0.717) is 6.04 Å². The van der Waals surface area contributed by atoms with Crippen LogP contribution in [0.3, 0.4) is 0 Å². The second kappa shape index (κ2) is 4.77. The third-order valence-corrected chi connectivity index (χ3v) is 5.07. The van der Waals surface area contributed by atoms with E-state index in [2.05, 4.69) is 48.4 Å². The summed E-state index contributed by atoms with van der Waals surface area (Å²) in [5.74, 6) is 0. The van der Waals surface area contributed by atoms with Crippen LogP contribution in [0.15, 0.2) is 36.4 Å². The van der Waals surface area contributed by atoms with Crippen LogP contribution in [-0.4, -0.2) is 16.4 Å². The van der Waals surface area contributed by atoms with Crippen LogP contribution in [0, 0.1) is 5.41 Å². The Hall–Kier alpha value is -1.12. The number of benzene rings is 1. The Labute approximate surface area is 119 Å². The van der Waals surface area contributed by atoms with Gasteiger partial charge in [-0.25, -0.2) is 0 Å². The number of nitrogens with one attached hydrogen (secondary N) is 1. The lowest BCUT2D eigenvalue weighted by atomic mass is 9.67. The number of fused-ring (bicyclic) bond motifs is 1. The van der Waals surface area contributed by atoms with Crippen LogP contribution in [0.5, 0.6) is 0 Å². The first kappa shape index (κ1) is 12.9. The molecule has 100 valence electrons. The number of aromatic nitrogens is 1. The fraction of sp³-hybridized carbons (Fsp3) is 0.438. The molecule has 0 bridgehead atoms. The topological polar surface area (TPSA) is 24.9 Å². The highest BCUT2D eigenvalue weighted by Gasteiger charge is 2.46. The molecule has 0 saturated heterocycles. The molecule has 2 aromatic rings. The van der Waals surface area contributed by atoms with E-state index >= 15 is 0 Å². The summed E-state index contributed by atoms with van der Waals surface area (Å²) in [7, 11) is 0. The van der Waals surface area contributed by atoms with Crippen molar-refractivity contribution in [3.63, 3.8) is 0 Å². The fourth-order valence-corrected chi connectivity index (χ4v) is 2.98. The third kappa shape index (κ3) is 2.35. The monoisotopic (exact) mass is 274 g/mol. The number of hydrogen-bond donors (Lipinski definition) is 1. The maximum atomic E-state index is 6.24. The molecule has 19 heavy (non-hydrogen) atoms. The maximum Gasteiger partial charge on any atom is 0.0705 e. The summed E-state index contributed by atoms with van der Waals surface area (Å²) in [5.41, 5.74) is 2.33. The maximum absolute atomic E-state index is 6.24. The van der Waals surface area contributed by atoms with Crippen molar-refractivity contribution in [2.75, 3.05) is 0 Å². The van der Waals surface area contributed by atoms with Gasteiger partial charge in [0.15, 0.2) is 0 Å². The van der Waals surface area contributed by atoms with E-state index in [1.165, 1.54) is 5.39 Å². The summed E-state index contributed by atoms with van der Waals surface area (Å²) >= 11 is 6.24. The van der Waals surface area contributed by atoms with Gasteiger partial charge >= 0.3 is 0 Å². The number of alkyl halides is 1. The predicted octanol–water partition coefficient (Wildman–Crippen LogP) is 3.73. The summed E-state index contributed by atoms with van der Waals surface area (Å²) in [4.78, 5) is 4.68. The Balaban J connectivity index is 1.69. The van der Waals surface area contributed by atoms with Crippen LogP contribution >= 0.6 is 11.6 Å². The summed E-state index contributed by atoms with van der Waals surface area (Å²) in [6, 6.07) is 12.9. The SMILES string of the molecule is CC1(C)C(Cl)CC1NCc1ccc2ccccc2n1. The minimum Gasteiger partial charge on any atom is -0.308 e. The largest absolute Gasteiger partial charge is 0.308 e. The van der Waals surface area contributed by atoms with Gasteiger partial charge in [-0.1, -0.05) is 38.1 Å². The van der Waals surface area contributed by atoms with Gasteiger partial charge < -0.3 is 5.32 Å². The molecule has 3 rings (SSSR count). The predicted molar refractivity (Wildman–Crippen MR) is 80.4 cm³/mol. The second-order valence-electron chi connectivity index (χ2n) is 5.95. The molecule has 2 unspecified atom stereocenters. The Kier molecular flexibility index (Phi) is 3.23. The van der Waals surface area contributed by atoms with Gasteiger partial charge in [0.1, 0.15) is 0 Å². The molecule has 2 atom stereocenters. The molecule has 0 radical (unpaired) electrons. The highest BCUT2D eigenvalue weighted by atomic mass is 35.5. The van der Waals surface area contributed by atoms with Crippen molar-refractivity contribution in [1.29, 1.82) is 0 Å². The van der Waals surface area contributed by atoms with Gasteiger partial charge in [0.25, 0.3) is 0 Å². The van der Waals surface area contributed by atoms with E-state index in [1.54, 1.807) is 0 Å². The number of hydrogen-bond acceptors (Lipinski definition) is 2. The van der Waals surface area contributed by atoms with Crippen LogP contribution in [-0.2, 0) is 6.54 Å². The van der Waals surface area contributed by atoms with Crippen LogP contribution in [0.2, 0.25) is 0 Å². The van der Waals surface area contributed by atoms with Crippen molar-refractivity contribution < 1.29 is 0 Å². The smallest absolute Gasteiger partial charge is 0.0705 e. The molecule has 1 aliphatic carbocycles. The molecule has 1 saturated carbocycles. The van der Waals surface area contributed by atoms with Gasteiger partial charge in [-0.2, -0.15) is 0 Å². The van der Waals surface area contributed by atoms with Crippen molar-refractivity contribution in [1.82, 2.24) is 10.3 Å². The molecule has 3 heteroatoms. The first-order valence-electron chi connectivity index (χ1n) is 6.79. The Morgan fingerprint density at radius 3 is 2.79 bits per heavy atom. The second-order valence-corrected chi connectivity index (χ2v) is 6.48. The minimum absolute atomic E-state index is 0.179. The van der Waals surface area contributed by atoms with Gasteiger partial charge in [-0.05, 0) is 24.0 Å². The molecule has 0 spiro atoms. The summed E-state index contributed by atoms with van der Waals surface area (Å²) in [5, 5.41) is 5.05. The Morgan fingerprint density at radius 1 is 1.26 bits per heavy atom. The van der Waals surface area contributed by atoms with Crippen molar-refractivity contribution in [2.24, 2.45) is 5.41 Å². The lowest BCUT2D eigenvalue weighted by molar-refractivity contribution is 0.115. The summed E-state index contributed by atoms with van der Waals surface area (Å²) in [6.07, 6.45) is 1.04. The first-order valence-corrected chi connectivity index (χ1v) is 7.23. The molecule has 1 aliphatic rings. The molecule has 1 heterocycles. The standard InChI is InChI=1S/C16H19ClN2/c1-16(2)14(17)9-15(16)18-10-12-8-7-11-5-3-4-6-13(11)19-12/h3-8,14-15,18H,9-10H2,1-2H3. The zero-order valence-electron chi connectivity index (χ0n) is 11.4. The summed E-state index contributed by atoms with van der Waals surface area (Å²) in [6.45, 7) is 5.25. The molecule has 1 aromatic heterocycles. The zero-order valence-corrected chi connectivity index (χ0v) is 12.1. The van der Waals surface area contributed by atoms with Crippen molar-refractivity contribution >= 4 is 22.5 Å². The molecule has 0 aliphatic heterocycles. The quantitative estimate of drug-likeness (QED) is 0.863. The highest BCUT2D eigenvalue weighted by molar-refractivity contribution is 6.21. The van der Waals surface area contributed by atoms with Gasteiger partial charge in [-0.3, -0.25) is 4.98 Å². The number of halogens is 1. The summed E-state index contributed by atoms with van der Waals surface area (Å²) < 4.78 is 0. The van der Waals surface area contributed by atoms with Gasteiger partial charge in [0.2, 0.25) is 0 Å². The number of para-hydroxylation sites is 1. The third-order valence-electron chi connectivity index (χ3n) is 4.33. The minimum atomic E-state index is 0.179. The molecular weight excluding hydrogens is 256 g/mol. The van der Waals surface area contributed by atoms with E-state index in [4.69, 9.17) is 11.6 Å². The van der Waals surface area contributed by atoms with E-state index in [0.717, 1.165) is 24.2 Å². The van der Waals surface area contributed by atoms with Crippen LogP contribution in [0.4, 0.5) is 0 Å². The first-order chi connectivity index (χ1) is 9.07. The Bertz CT molecular complexity index is 594. The highest BCUT2D eigenvalue weighted by Crippen LogP contribution is 2.44. The Morgan fingerprint density at radius 2 is 2.05 bits per heavy atom. The molecule has 1 fully saturated rings. The zero-order chi connectivity index (χ0) is 13.5. The molecule has 2 nitrogen and oxygen atoms in total. The number of rotatable bonds is 3. The fourth-order valence-electron chi connectivity index (χ4n) is 2.65. The van der Waals surface area contributed by atoms with E-state index in [9.17, 15) is 0 Å². The van der Waals surface area contributed by atoms with E-state index in [-0.39, 0.29) is 10.8 Å². The average molecular weight is 275 g/mol. The van der Waals surface area contributed by atoms with Crippen LogP contribution in [0.1, 0.15) is 26.0 Å². The van der Waals surface area contributed by atoms with E-state index < -0.39 is 0 Å². The van der Waals surface area contributed by atoms with Crippen molar-refractivity contribution in [2.45, 2.75) is 38.2 Å². The van der Waals surface area contributed by atoms with Gasteiger partial charge in [0.05, 0.1) is 11.2 Å². The lowest BCUT2D eigenvalue weighted by Gasteiger charge is -2.49. The van der Waals surface area contributed by atoms with Crippen LogP contribution < -0.4 is 5.32 Å². The van der Waals surface area contributed by atoms with Crippen molar-refractivity contribution in [3.8, 4) is 0 Å². The average Bonchev–Trinajstić information content (AvgIpc) is 2.43. The van der Waals surface area contributed by atoms with Crippen molar-refractivity contribution in [3.05, 3.63) is 42.1 Å². The lowest BCUT2D eigenvalue weighted by Crippen LogP contribution is -2.57. The molecule has 1 N–H and O–H groups in total. The molecular formula is C16H19ClN2. The number of nitrogens with zero attached hydrogens (tertiary/aromatic N) is 1. The number of pyridine rings is 1. The van der Waals surface area contributed by atoms with Gasteiger partial charge in [-0.15, -0.1) is 11.6 Å².